The van der Waals surface area contributed by atoms with Crippen LogP contribution in [0.3, 0.4) is 0 Å². The third-order valence-corrected chi connectivity index (χ3v) is 4.38. The van der Waals surface area contributed by atoms with Crippen molar-refractivity contribution in [3.05, 3.63) is 90.4 Å². The molecule has 0 bridgehead atoms. The molecule has 4 aromatic rings. The van der Waals surface area contributed by atoms with Crippen LogP contribution in [0.15, 0.2) is 79.3 Å². The highest BCUT2D eigenvalue weighted by molar-refractivity contribution is 5.90. The van der Waals surface area contributed by atoms with Gasteiger partial charge in [0.05, 0.1) is 11.1 Å². The third-order valence-electron chi connectivity index (χ3n) is 4.38. The number of pyridine rings is 1. The van der Waals surface area contributed by atoms with Crippen LogP contribution in [0.2, 0.25) is 0 Å². The van der Waals surface area contributed by atoms with Crippen LogP contribution in [0.1, 0.15) is 11.1 Å². The summed E-state index contributed by atoms with van der Waals surface area (Å²) in [6.07, 6.45) is -0.479. The smallest absolute Gasteiger partial charge is 0.423 e. The zero-order chi connectivity index (χ0) is 21.1. The summed E-state index contributed by atoms with van der Waals surface area (Å²) in [7, 11) is 0. The Morgan fingerprint density at radius 2 is 1.77 bits per heavy atom. The molecule has 0 radical (unpaired) electrons. The first-order chi connectivity index (χ1) is 14.4. The van der Waals surface area contributed by atoms with E-state index in [1.165, 1.54) is 22.9 Å². The van der Waals surface area contributed by atoms with Crippen LogP contribution in [0.4, 0.5) is 18.0 Å². The van der Waals surface area contributed by atoms with E-state index in [1.54, 1.807) is 36.7 Å². The number of rotatable bonds is 4. The van der Waals surface area contributed by atoms with Crippen LogP contribution in [0.25, 0.3) is 10.9 Å². The van der Waals surface area contributed by atoms with Crippen LogP contribution in [0.5, 0.6) is 11.5 Å². The van der Waals surface area contributed by atoms with E-state index in [1.807, 2.05) is 12.1 Å². The topological polar surface area (TPSA) is 53.4 Å². The molecule has 0 atom stereocenters. The lowest BCUT2D eigenvalue weighted by molar-refractivity contribution is -0.137. The number of halogens is 3. The fourth-order valence-corrected chi connectivity index (χ4v) is 2.90. The number of carbonyl (C=O) groups is 1. The molecule has 2 heterocycles. The van der Waals surface area contributed by atoms with Crippen molar-refractivity contribution in [2.75, 3.05) is 0 Å². The summed E-state index contributed by atoms with van der Waals surface area (Å²) in [5, 5.41) is 0.725. The van der Waals surface area contributed by atoms with E-state index in [2.05, 4.69) is 4.98 Å². The Morgan fingerprint density at radius 1 is 0.967 bits per heavy atom. The van der Waals surface area contributed by atoms with Crippen LogP contribution >= 0.6 is 0 Å². The molecule has 2 aromatic carbocycles. The molecule has 0 N–H and O–H groups in total. The number of alkyl halides is 3. The van der Waals surface area contributed by atoms with E-state index >= 15 is 0 Å². The lowest BCUT2D eigenvalue weighted by Gasteiger charge is -2.10. The maximum Gasteiger partial charge on any atom is 0.423 e. The summed E-state index contributed by atoms with van der Waals surface area (Å²) in [4.78, 5) is 16.4. The van der Waals surface area contributed by atoms with Gasteiger partial charge in [-0.1, -0.05) is 6.07 Å². The first kappa shape index (κ1) is 19.5. The molecule has 0 saturated heterocycles. The number of fused-ring (bicyclic) bond motifs is 1. The first-order valence-electron chi connectivity index (χ1n) is 8.92. The highest BCUT2D eigenvalue weighted by atomic mass is 19.4. The molecule has 0 aliphatic heterocycles. The molecule has 0 fully saturated rings. The predicted molar refractivity (Wildman–Crippen MR) is 103 cm³/mol. The van der Waals surface area contributed by atoms with E-state index < -0.39 is 17.8 Å². The number of hydrogen-bond donors (Lipinski definition) is 0. The summed E-state index contributed by atoms with van der Waals surface area (Å²) in [5.41, 5.74) is 0.622. The number of benzene rings is 2. The van der Waals surface area contributed by atoms with Crippen LogP contribution < -0.4 is 9.47 Å². The molecule has 8 heteroatoms. The Labute approximate surface area is 169 Å². The number of aromatic nitrogens is 2. The average Bonchev–Trinajstić information content (AvgIpc) is 3.16. The van der Waals surface area contributed by atoms with Gasteiger partial charge in [0.15, 0.2) is 0 Å². The fourth-order valence-electron chi connectivity index (χ4n) is 2.90. The van der Waals surface area contributed by atoms with Gasteiger partial charge in [0.1, 0.15) is 18.1 Å². The number of ether oxygens (including phenoxy) is 2. The standard InChI is InChI=1S/C22H15F3N2O3/c23-22(24,25)17-2-1-3-19(13-17)30-21(28)27-11-8-16-12-18(4-5-20(16)27)29-14-15-6-9-26-10-7-15/h1-13H,14H2. The van der Waals surface area contributed by atoms with Gasteiger partial charge in [-0.3, -0.25) is 9.55 Å². The minimum Gasteiger partial charge on any atom is -0.489 e. The van der Waals surface area contributed by atoms with Crippen LogP contribution in [0, 0.1) is 0 Å². The Hall–Kier alpha value is -3.81. The number of hydrogen-bond acceptors (Lipinski definition) is 4. The van der Waals surface area contributed by atoms with Gasteiger partial charge in [-0.25, -0.2) is 4.79 Å². The van der Waals surface area contributed by atoms with Gasteiger partial charge < -0.3 is 9.47 Å². The Balaban J connectivity index is 1.50. The van der Waals surface area contributed by atoms with Gasteiger partial charge in [-0.2, -0.15) is 13.2 Å². The maximum absolute atomic E-state index is 12.8. The van der Waals surface area contributed by atoms with E-state index in [0.29, 0.717) is 17.9 Å². The fraction of sp³-hybridized carbons (Fsp3) is 0.0909. The third kappa shape index (κ3) is 4.27. The predicted octanol–water partition coefficient (Wildman–Crippen LogP) is 5.68. The second-order valence-electron chi connectivity index (χ2n) is 6.44. The van der Waals surface area contributed by atoms with Gasteiger partial charge in [0, 0.05) is 24.0 Å². The highest BCUT2D eigenvalue weighted by Gasteiger charge is 2.30. The Kier molecular flexibility index (Phi) is 5.14. The molecule has 30 heavy (non-hydrogen) atoms. The summed E-state index contributed by atoms with van der Waals surface area (Å²) in [6, 6.07) is 14.7. The van der Waals surface area contributed by atoms with Crippen molar-refractivity contribution in [3.8, 4) is 11.5 Å². The Morgan fingerprint density at radius 3 is 2.53 bits per heavy atom. The molecule has 0 saturated carbocycles. The number of nitrogens with zero attached hydrogens (tertiary/aromatic N) is 2. The van der Waals surface area contributed by atoms with Crippen LogP contribution in [-0.4, -0.2) is 15.6 Å². The monoisotopic (exact) mass is 412 g/mol. The van der Waals surface area contributed by atoms with Crippen molar-refractivity contribution in [2.45, 2.75) is 12.8 Å². The molecule has 0 unspecified atom stereocenters. The maximum atomic E-state index is 12.8. The average molecular weight is 412 g/mol. The normalized spacial score (nSPS) is 11.4. The molecule has 5 nitrogen and oxygen atoms in total. The molecule has 152 valence electrons. The summed E-state index contributed by atoms with van der Waals surface area (Å²) < 4.78 is 50.6. The SMILES string of the molecule is O=C(Oc1cccc(C(F)(F)F)c1)n1ccc2cc(OCc3ccncc3)ccc21. The summed E-state index contributed by atoms with van der Waals surface area (Å²) in [6.45, 7) is 0.367. The van der Waals surface area contributed by atoms with Crippen molar-refractivity contribution in [1.29, 1.82) is 0 Å². The molecule has 0 spiro atoms. The minimum absolute atomic E-state index is 0.186. The minimum atomic E-state index is -4.52. The van der Waals surface area contributed by atoms with Crippen molar-refractivity contribution in [2.24, 2.45) is 0 Å². The molecule has 0 aliphatic carbocycles. The summed E-state index contributed by atoms with van der Waals surface area (Å²) in [5.74, 6) is 0.428. The largest absolute Gasteiger partial charge is 0.489 e. The van der Waals surface area contributed by atoms with E-state index in [9.17, 15) is 18.0 Å². The van der Waals surface area contributed by atoms with Crippen LogP contribution in [-0.2, 0) is 12.8 Å². The van der Waals surface area contributed by atoms with Crippen molar-refractivity contribution < 1.29 is 27.4 Å². The van der Waals surface area contributed by atoms with E-state index in [-0.39, 0.29) is 5.75 Å². The van der Waals surface area contributed by atoms with E-state index in [4.69, 9.17) is 9.47 Å². The zero-order valence-corrected chi connectivity index (χ0v) is 15.5. The van der Waals surface area contributed by atoms with Gasteiger partial charge in [-0.05, 0) is 60.2 Å². The van der Waals surface area contributed by atoms with Gasteiger partial charge in [0.2, 0.25) is 0 Å². The molecular formula is C22H15F3N2O3. The van der Waals surface area contributed by atoms with Gasteiger partial charge >= 0.3 is 12.3 Å². The van der Waals surface area contributed by atoms with Crippen molar-refractivity contribution >= 4 is 17.0 Å². The summed E-state index contributed by atoms with van der Waals surface area (Å²) >= 11 is 0. The van der Waals surface area contributed by atoms with Crippen molar-refractivity contribution in [1.82, 2.24) is 9.55 Å². The second kappa shape index (κ2) is 7.90. The first-order valence-corrected chi connectivity index (χ1v) is 8.92. The number of carbonyl (C=O) groups excluding carboxylic acids is 1. The molecule has 0 amide bonds. The Bertz CT molecular complexity index is 1190. The van der Waals surface area contributed by atoms with E-state index in [0.717, 1.165) is 23.1 Å². The van der Waals surface area contributed by atoms with Crippen molar-refractivity contribution in [3.63, 3.8) is 0 Å². The lowest BCUT2D eigenvalue weighted by Crippen LogP contribution is -2.16. The zero-order valence-electron chi connectivity index (χ0n) is 15.5. The molecular weight excluding hydrogens is 397 g/mol. The molecule has 0 aliphatic rings. The lowest BCUT2D eigenvalue weighted by atomic mass is 10.2. The second-order valence-corrected chi connectivity index (χ2v) is 6.44. The molecule has 2 aromatic heterocycles. The quantitative estimate of drug-likeness (QED) is 0.433. The van der Waals surface area contributed by atoms with Gasteiger partial charge in [0.25, 0.3) is 0 Å². The highest BCUT2D eigenvalue weighted by Crippen LogP contribution is 2.31. The molecule has 4 rings (SSSR count). The van der Waals surface area contributed by atoms with Gasteiger partial charge in [-0.15, -0.1) is 0 Å².